The highest BCUT2D eigenvalue weighted by Crippen LogP contribution is 2.17. The fourth-order valence-corrected chi connectivity index (χ4v) is 4.17. The average molecular weight is 450 g/mol. The number of benzene rings is 2. The van der Waals surface area contributed by atoms with Crippen LogP contribution >= 0.6 is 0 Å². The Bertz CT molecular complexity index is 918. The Morgan fingerprint density at radius 2 is 1.76 bits per heavy atom. The smallest absolute Gasteiger partial charge is 0.253 e. The molecule has 0 aromatic heterocycles. The monoisotopic (exact) mass is 449 g/mol. The molecule has 1 heterocycles. The van der Waals surface area contributed by atoms with Crippen molar-refractivity contribution >= 4 is 11.9 Å². The van der Waals surface area contributed by atoms with Gasteiger partial charge < -0.3 is 15.5 Å². The van der Waals surface area contributed by atoms with Gasteiger partial charge in [-0.2, -0.15) is 0 Å². The first-order chi connectivity index (χ1) is 16.1. The normalized spacial score (nSPS) is 14.7. The number of rotatable bonds is 9. The van der Waals surface area contributed by atoms with Crippen LogP contribution < -0.4 is 10.6 Å². The van der Waals surface area contributed by atoms with Crippen molar-refractivity contribution in [2.24, 2.45) is 4.99 Å². The van der Waals surface area contributed by atoms with Crippen molar-refractivity contribution in [3.63, 3.8) is 0 Å². The fraction of sp³-hybridized carbons (Fsp3) is 0.481. The SMILES string of the molecule is CCNC(=NCc1ccccc1CN1CCCCC1)NCCc1cccc(C(=O)N(C)C)c1. The van der Waals surface area contributed by atoms with Crippen LogP contribution in [-0.2, 0) is 19.5 Å². The molecule has 1 aliphatic rings. The van der Waals surface area contributed by atoms with Crippen molar-refractivity contribution in [1.29, 1.82) is 0 Å². The second-order valence-corrected chi connectivity index (χ2v) is 8.88. The Kier molecular flexibility index (Phi) is 9.76. The van der Waals surface area contributed by atoms with E-state index in [0.29, 0.717) is 6.54 Å². The molecule has 1 aliphatic heterocycles. The molecule has 0 spiro atoms. The highest BCUT2D eigenvalue weighted by molar-refractivity contribution is 5.94. The van der Waals surface area contributed by atoms with Crippen LogP contribution in [0.2, 0.25) is 0 Å². The molecule has 0 aliphatic carbocycles. The van der Waals surface area contributed by atoms with Crippen LogP contribution in [0.25, 0.3) is 0 Å². The lowest BCUT2D eigenvalue weighted by atomic mass is 10.1. The van der Waals surface area contributed by atoms with Gasteiger partial charge in [-0.15, -0.1) is 0 Å². The van der Waals surface area contributed by atoms with Crippen LogP contribution in [-0.4, -0.2) is 61.9 Å². The molecule has 0 atom stereocenters. The first kappa shape index (κ1) is 24.8. The van der Waals surface area contributed by atoms with E-state index in [4.69, 9.17) is 4.99 Å². The third kappa shape index (κ3) is 7.90. The molecule has 6 heteroatoms. The molecular formula is C27H39N5O. The zero-order chi connectivity index (χ0) is 23.5. The van der Waals surface area contributed by atoms with Crippen LogP contribution in [0.4, 0.5) is 0 Å². The van der Waals surface area contributed by atoms with Crippen molar-refractivity contribution in [3.8, 4) is 0 Å². The number of carbonyl (C=O) groups is 1. The summed E-state index contributed by atoms with van der Waals surface area (Å²) in [6.07, 6.45) is 4.79. The Morgan fingerprint density at radius 3 is 2.48 bits per heavy atom. The van der Waals surface area contributed by atoms with E-state index < -0.39 is 0 Å². The summed E-state index contributed by atoms with van der Waals surface area (Å²) < 4.78 is 0. The van der Waals surface area contributed by atoms with Gasteiger partial charge in [-0.05, 0) is 68.1 Å². The molecule has 2 aromatic carbocycles. The summed E-state index contributed by atoms with van der Waals surface area (Å²) in [5.74, 6) is 0.855. The van der Waals surface area contributed by atoms with E-state index in [9.17, 15) is 4.79 Å². The fourth-order valence-electron chi connectivity index (χ4n) is 4.17. The van der Waals surface area contributed by atoms with Gasteiger partial charge in [-0.3, -0.25) is 9.69 Å². The summed E-state index contributed by atoms with van der Waals surface area (Å²) >= 11 is 0. The maximum absolute atomic E-state index is 12.2. The van der Waals surface area contributed by atoms with E-state index >= 15 is 0 Å². The van der Waals surface area contributed by atoms with Crippen molar-refractivity contribution in [2.75, 3.05) is 40.3 Å². The summed E-state index contributed by atoms with van der Waals surface area (Å²) in [6.45, 7) is 7.71. The maximum Gasteiger partial charge on any atom is 0.253 e. The molecule has 0 unspecified atom stereocenters. The van der Waals surface area contributed by atoms with Crippen LogP contribution in [0.1, 0.15) is 53.2 Å². The van der Waals surface area contributed by atoms with E-state index in [1.165, 1.54) is 43.5 Å². The van der Waals surface area contributed by atoms with Gasteiger partial charge in [0.15, 0.2) is 5.96 Å². The second-order valence-electron chi connectivity index (χ2n) is 8.88. The Balaban J connectivity index is 1.58. The first-order valence-electron chi connectivity index (χ1n) is 12.2. The highest BCUT2D eigenvalue weighted by Gasteiger charge is 2.12. The minimum atomic E-state index is 0.0305. The molecule has 0 saturated carbocycles. The largest absolute Gasteiger partial charge is 0.357 e. The van der Waals surface area contributed by atoms with Crippen LogP contribution in [0.5, 0.6) is 0 Å². The van der Waals surface area contributed by atoms with Gasteiger partial charge in [-0.1, -0.05) is 42.8 Å². The second kappa shape index (κ2) is 13.0. The van der Waals surface area contributed by atoms with E-state index in [0.717, 1.165) is 43.1 Å². The van der Waals surface area contributed by atoms with Crippen LogP contribution in [0.3, 0.4) is 0 Å². The molecule has 178 valence electrons. The first-order valence-corrected chi connectivity index (χ1v) is 12.2. The molecule has 1 fully saturated rings. The van der Waals surface area contributed by atoms with Crippen molar-refractivity contribution in [3.05, 3.63) is 70.8 Å². The van der Waals surface area contributed by atoms with Crippen molar-refractivity contribution < 1.29 is 4.79 Å². The molecule has 2 aromatic rings. The number of carbonyl (C=O) groups excluding carboxylic acids is 1. The highest BCUT2D eigenvalue weighted by atomic mass is 16.2. The quantitative estimate of drug-likeness (QED) is 0.453. The van der Waals surface area contributed by atoms with Crippen LogP contribution in [0.15, 0.2) is 53.5 Å². The summed E-state index contributed by atoms with van der Waals surface area (Å²) in [6, 6.07) is 16.5. The van der Waals surface area contributed by atoms with Gasteiger partial charge in [0.05, 0.1) is 6.54 Å². The Hall–Kier alpha value is -2.86. The molecule has 1 amide bonds. The molecule has 2 N–H and O–H groups in total. The lowest BCUT2D eigenvalue weighted by Gasteiger charge is -2.27. The van der Waals surface area contributed by atoms with E-state index in [1.807, 2.05) is 18.2 Å². The topological polar surface area (TPSA) is 60.0 Å². The van der Waals surface area contributed by atoms with Crippen molar-refractivity contribution in [1.82, 2.24) is 20.4 Å². The summed E-state index contributed by atoms with van der Waals surface area (Å²) in [5.41, 5.74) is 4.53. The summed E-state index contributed by atoms with van der Waals surface area (Å²) in [7, 11) is 3.56. The van der Waals surface area contributed by atoms with E-state index in [1.54, 1.807) is 19.0 Å². The van der Waals surface area contributed by atoms with Gasteiger partial charge >= 0.3 is 0 Å². The zero-order valence-corrected chi connectivity index (χ0v) is 20.4. The minimum Gasteiger partial charge on any atom is -0.357 e. The lowest BCUT2D eigenvalue weighted by molar-refractivity contribution is 0.0827. The van der Waals surface area contributed by atoms with Crippen molar-refractivity contribution in [2.45, 2.75) is 45.7 Å². The number of hydrogen-bond acceptors (Lipinski definition) is 3. The molecule has 1 saturated heterocycles. The summed E-state index contributed by atoms with van der Waals surface area (Å²) in [4.78, 5) is 21.2. The number of nitrogens with one attached hydrogen (secondary N) is 2. The lowest BCUT2D eigenvalue weighted by Crippen LogP contribution is -2.38. The van der Waals surface area contributed by atoms with Gasteiger partial charge in [0.25, 0.3) is 5.91 Å². The molecule has 33 heavy (non-hydrogen) atoms. The number of likely N-dealkylation sites (tertiary alicyclic amines) is 1. The van der Waals surface area contributed by atoms with Crippen LogP contribution in [0, 0.1) is 0 Å². The molecule has 0 radical (unpaired) electrons. The van der Waals surface area contributed by atoms with Gasteiger partial charge in [0.1, 0.15) is 0 Å². The molecule has 0 bridgehead atoms. The number of hydrogen-bond donors (Lipinski definition) is 2. The summed E-state index contributed by atoms with van der Waals surface area (Å²) in [5, 5.41) is 6.80. The number of piperidine rings is 1. The average Bonchev–Trinajstić information content (AvgIpc) is 2.83. The van der Waals surface area contributed by atoms with Gasteiger partial charge in [-0.25, -0.2) is 4.99 Å². The zero-order valence-electron chi connectivity index (χ0n) is 20.4. The molecule has 3 rings (SSSR count). The number of guanidine groups is 1. The number of aliphatic imine (C=N–C) groups is 1. The standard InChI is InChI=1S/C27H39N5O/c1-4-28-27(29-16-15-22-11-10-14-23(19-22)26(33)31(2)3)30-20-24-12-6-7-13-25(24)21-32-17-8-5-9-18-32/h6-7,10-14,19H,4-5,8-9,15-18,20-21H2,1-3H3,(H2,28,29,30). The third-order valence-corrected chi connectivity index (χ3v) is 6.00. The molecular weight excluding hydrogens is 410 g/mol. The Labute approximate surface area is 199 Å². The van der Waals surface area contributed by atoms with E-state index in [2.05, 4.69) is 52.8 Å². The predicted molar refractivity (Wildman–Crippen MR) is 137 cm³/mol. The number of nitrogens with zero attached hydrogens (tertiary/aromatic N) is 3. The predicted octanol–water partition coefficient (Wildman–Crippen LogP) is 3.67. The molecule has 6 nitrogen and oxygen atoms in total. The van der Waals surface area contributed by atoms with Gasteiger partial charge in [0.2, 0.25) is 0 Å². The number of amides is 1. The third-order valence-electron chi connectivity index (χ3n) is 6.00. The minimum absolute atomic E-state index is 0.0305. The van der Waals surface area contributed by atoms with Gasteiger partial charge in [0, 0.05) is 39.3 Å². The maximum atomic E-state index is 12.2. The Morgan fingerprint density at radius 1 is 1.00 bits per heavy atom. The van der Waals surface area contributed by atoms with E-state index in [-0.39, 0.29) is 5.91 Å².